The molecular weight excluding hydrogens is 368 g/mol. The summed E-state index contributed by atoms with van der Waals surface area (Å²) in [6.45, 7) is 3.87. The van der Waals surface area contributed by atoms with Crippen LogP contribution in [0.5, 0.6) is 0 Å². The molecule has 8 nitrogen and oxygen atoms in total. The van der Waals surface area contributed by atoms with Crippen LogP contribution in [0, 0.1) is 10.1 Å². The summed E-state index contributed by atoms with van der Waals surface area (Å²) < 4.78 is 27.3. The molecule has 0 unspecified atom stereocenters. The Morgan fingerprint density at radius 1 is 1.07 bits per heavy atom. The first-order chi connectivity index (χ1) is 12.8. The van der Waals surface area contributed by atoms with Crippen molar-refractivity contribution < 1.29 is 13.3 Å². The molecule has 0 radical (unpaired) electrons. The molecule has 0 aromatic heterocycles. The predicted molar refractivity (Wildman–Crippen MR) is 105 cm³/mol. The highest BCUT2D eigenvalue weighted by molar-refractivity contribution is 7.91. The third-order valence-electron chi connectivity index (χ3n) is 4.49. The fraction of sp³-hybridized carbons (Fsp3) is 0.333. The average molecular weight is 390 g/mol. The predicted octanol–water partition coefficient (Wildman–Crippen LogP) is 2.29. The first-order valence-corrected chi connectivity index (χ1v) is 10.2. The molecule has 1 aliphatic heterocycles. The van der Waals surface area contributed by atoms with Gasteiger partial charge in [-0.25, -0.2) is 8.42 Å². The number of hydrogen-bond donors (Lipinski definition) is 1. The van der Waals surface area contributed by atoms with Crippen molar-refractivity contribution >= 4 is 27.1 Å². The quantitative estimate of drug-likeness (QED) is 0.601. The molecule has 1 aliphatic rings. The monoisotopic (exact) mass is 390 g/mol. The standard InChI is InChI=1S/C18H22N4O4S/c1-20-9-11-21(12-10-20)17-7-5-16(6-8-17)19-27(25,26)14-15-3-2-4-18(13-15)22(23)24/h2-8,13,19H,9-12,14H2,1H3. The molecule has 2 aromatic carbocycles. The van der Waals surface area contributed by atoms with E-state index in [0.717, 1.165) is 31.9 Å². The lowest BCUT2D eigenvalue weighted by Crippen LogP contribution is -2.44. The number of nitro benzene ring substituents is 1. The molecule has 1 heterocycles. The number of anilines is 2. The Morgan fingerprint density at radius 2 is 1.74 bits per heavy atom. The molecule has 0 amide bonds. The third-order valence-corrected chi connectivity index (χ3v) is 5.75. The highest BCUT2D eigenvalue weighted by Crippen LogP contribution is 2.21. The van der Waals surface area contributed by atoms with E-state index >= 15 is 0 Å². The normalized spacial score (nSPS) is 15.5. The average Bonchev–Trinajstić information content (AvgIpc) is 2.62. The Bertz CT molecular complexity index is 907. The summed E-state index contributed by atoms with van der Waals surface area (Å²) in [6.07, 6.45) is 0. The minimum Gasteiger partial charge on any atom is -0.369 e. The van der Waals surface area contributed by atoms with Gasteiger partial charge in [0.2, 0.25) is 10.0 Å². The molecule has 3 rings (SSSR count). The summed E-state index contributed by atoms with van der Waals surface area (Å²) >= 11 is 0. The van der Waals surface area contributed by atoms with Crippen LogP contribution in [0.25, 0.3) is 0 Å². The van der Waals surface area contributed by atoms with Gasteiger partial charge in [-0.3, -0.25) is 14.8 Å². The zero-order valence-corrected chi connectivity index (χ0v) is 15.9. The van der Waals surface area contributed by atoms with E-state index in [1.54, 1.807) is 18.2 Å². The van der Waals surface area contributed by atoms with Crippen LogP contribution in [0.4, 0.5) is 17.1 Å². The van der Waals surface area contributed by atoms with Crippen LogP contribution >= 0.6 is 0 Å². The van der Waals surface area contributed by atoms with Crippen molar-refractivity contribution in [2.75, 3.05) is 42.8 Å². The maximum absolute atomic E-state index is 12.4. The maximum atomic E-state index is 12.4. The van der Waals surface area contributed by atoms with Gasteiger partial charge in [-0.2, -0.15) is 0 Å². The molecule has 1 saturated heterocycles. The Balaban J connectivity index is 1.65. The SMILES string of the molecule is CN1CCN(c2ccc(NS(=O)(=O)Cc3cccc([N+](=O)[O-])c3)cc2)CC1. The van der Waals surface area contributed by atoms with Crippen molar-refractivity contribution in [3.63, 3.8) is 0 Å². The summed E-state index contributed by atoms with van der Waals surface area (Å²) in [6, 6.07) is 12.9. The van der Waals surface area contributed by atoms with E-state index in [9.17, 15) is 18.5 Å². The van der Waals surface area contributed by atoms with Gasteiger partial charge in [0.05, 0.1) is 10.7 Å². The fourth-order valence-corrected chi connectivity index (χ4v) is 4.19. The summed E-state index contributed by atoms with van der Waals surface area (Å²) in [5.41, 5.74) is 1.77. The molecule has 144 valence electrons. The number of likely N-dealkylation sites (N-methyl/N-ethyl adjacent to an activating group) is 1. The molecule has 9 heteroatoms. The summed E-state index contributed by atoms with van der Waals surface area (Å²) in [5.74, 6) is -0.325. The van der Waals surface area contributed by atoms with Crippen LogP contribution in [0.2, 0.25) is 0 Å². The van der Waals surface area contributed by atoms with E-state index < -0.39 is 14.9 Å². The van der Waals surface area contributed by atoms with Gasteiger partial charge in [0.1, 0.15) is 0 Å². The summed E-state index contributed by atoms with van der Waals surface area (Å²) in [4.78, 5) is 14.8. The number of nitro groups is 1. The number of hydrogen-bond acceptors (Lipinski definition) is 6. The van der Waals surface area contributed by atoms with Crippen LogP contribution in [0.1, 0.15) is 5.56 Å². The van der Waals surface area contributed by atoms with Crippen molar-refractivity contribution in [3.05, 3.63) is 64.2 Å². The van der Waals surface area contributed by atoms with Crippen LogP contribution < -0.4 is 9.62 Å². The first kappa shape index (κ1) is 19.1. The first-order valence-electron chi connectivity index (χ1n) is 8.60. The van der Waals surface area contributed by atoms with Crippen molar-refractivity contribution in [2.24, 2.45) is 0 Å². The molecule has 0 spiro atoms. The summed E-state index contributed by atoms with van der Waals surface area (Å²) in [7, 11) is -1.57. The van der Waals surface area contributed by atoms with Crippen molar-refractivity contribution in [1.29, 1.82) is 0 Å². The molecule has 1 fully saturated rings. The Labute approximate surface area is 158 Å². The van der Waals surface area contributed by atoms with Crippen LogP contribution in [0.3, 0.4) is 0 Å². The van der Waals surface area contributed by atoms with Gasteiger partial charge in [-0.1, -0.05) is 12.1 Å². The topological polar surface area (TPSA) is 95.8 Å². The van der Waals surface area contributed by atoms with E-state index in [-0.39, 0.29) is 11.4 Å². The van der Waals surface area contributed by atoms with E-state index in [4.69, 9.17) is 0 Å². The number of piperazine rings is 1. The Morgan fingerprint density at radius 3 is 2.37 bits per heavy atom. The van der Waals surface area contributed by atoms with Crippen molar-refractivity contribution in [2.45, 2.75) is 5.75 Å². The second-order valence-electron chi connectivity index (χ2n) is 6.63. The van der Waals surface area contributed by atoms with Gasteiger partial charge in [-0.15, -0.1) is 0 Å². The van der Waals surface area contributed by atoms with Gasteiger partial charge in [0, 0.05) is 49.7 Å². The van der Waals surface area contributed by atoms with E-state index in [2.05, 4.69) is 21.6 Å². The minimum absolute atomic E-state index is 0.126. The highest BCUT2D eigenvalue weighted by Gasteiger charge is 2.16. The van der Waals surface area contributed by atoms with Crippen molar-refractivity contribution in [1.82, 2.24) is 4.90 Å². The minimum atomic E-state index is -3.67. The van der Waals surface area contributed by atoms with Gasteiger partial charge >= 0.3 is 0 Å². The van der Waals surface area contributed by atoms with Crippen LogP contribution in [0.15, 0.2) is 48.5 Å². The molecular formula is C18H22N4O4S. The van der Waals surface area contributed by atoms with Crippen LogP contribution in [-0.4, -0.2) is 51.5 Å². The highest BCUT2D eigenvalue weighted by atomic mass is 32.2. The molecule has 27 heavy (non-hydrogen) atoms. The van der Waals surface area contributed by atoms with E-state index in [0.29, 0.717) is 11.3 Å². The van der Waals surface area contributed by atoms with Gasteiger partial charge in [-0.05, 0) is 36.9 Å². The molecule has 0 aliphatic carbocycles. The lowest BCUT2D eigenvalue weighted by atomic mass is 10.2. The number of non-ortho nitro benzene ring substituents is 1. The third kappa shape index (κ3) is 5.18. The van der Waals surface area contributed by atoms with Gasteiger partial charge < -0.3 is 9.80 Å². The Kier molecular flexibility index (Phi) is 5.62. The number of nitrogens with zero attached hydrogens (tertiary/aromatic N) is 3. The van der Waals surface area contributed by atoms with E-state index in [1.165, 1.54) is 18.2 Å². The molecule has 0 saturated carbocycles. The second-order valence-corrected chi connectivity index (χ2v) is 8.35. The number of nitrogens with one attached hydrogen (secondary N) is 1. The number of rotatable bonds is 6. The smallest absolute Gasteiger partial charge is 0.269 e. The number of benzene rings is 2. The van der Waals surface area contributed by atoms with Gasteiger partial charge in [0.25, 0.3) is 5.69 Å². The zero-order chi connectivity index (χ0) is 19.4. The lowest BCUT2D eigenvalue weighted by Gasteiger charge is -2.34. The lowest BCUT2D eigenvalue weighted by molar-refractivity contribution is -0.384. The molecule has 2 aromatic rings. The number of sulfonamides is 1. The van der Waals surface area contributed by atoms with E-state index in [1.807, 2.05) is 12.1 Å². The van der Waals surface area contributed by atoms with Gasteiger partial charge in [0.15, 0.2) is 0 Å². The second kappa shape index (κ2) is 7.93. The molecule has 1 N–H and O–H groups in total. The Hall–Kier alpha value is -2.65. The fourth-order valence-electron chi connectivity index (χ4n) is 3.00. The largest absolute Gasteiger partial charge is 0.369 e. The molecule has 0 bridgehead atoms. The zero-order valence-electron chi connectivity index (χ0n) is 15.0. The summed E-state index contributed by atoms with van der Waals surface area (Å²) in [5, 5.41) is 10.8. The molecule has 0 atom stereocenters. The maximum Gasteiger partial charge on any atom is 0.269 e. The van der Waals surface area contributed by atoms with Crippen molar-refractivity contribution in [3.8, 4) is 0 Å². The van der Waals surface area contributed by atoms with Crippen LogP contribution in [-0.2, 0) is 15.8 Å².